The van der Waals surface area contributed by atoms with Gasteiger partial charge in [-0.25, -0.2) is 9.97 Å². The van der Waals surface area contributed by atoms with Crippen LogP contribution in [0.2, 0.25) is 0 Å². The molecule has 2 aromatic carbocycles. The Morgan fingerprint density at radius 3 is 2.78 bits per heavy atom. The first kappa shape index (κ1) is 13.6. The lowest BCUT2D eigenvalue weighted by atomic mass is 10.1. The third kappa shape index (κ3) is 2.36. The van der Waals surface area contributed by atoms with Gasteiger partial charge in [0.15, 0.2) is 0 Å². The molecule has 0 spiro atoms. The first-order valence-electron chi connectivity index (χ1n) is 6.86. The molecule has 0 amide bonds. The second-order valence-corrected chi connectivity index (χ2v) is 5.82. The Balaban J connectivity index is 1.89. The van der Waals surface area contributed by atoms with Gasteiger partial charge in [0.2, 0.25) is 0 Å². The topological polar surface area (TPSA) is 84.7 Å². The number of aromatic nitrogens is 3. The fourth-order valence-corrected chi connectivity index (χ4v) is 3.10. The number of hydrogen-bond acceptors (Lipinski definition) is 5. The zero-order valence-corrected chi connectivity index (χ0v) is 12.6. The second-order valence-electron chi connectivity index (χ2n) is 4.93. The van der Waals surface area contributed by atoms with Gasteiger partial charge >= 0.3 is 0 Å². The monoisotopic (exact) mass is 322 g/mol. The van der Waals surface area contributed by atoms with Crippen molar-refractivity contribution >= 4 is 28.1 Å². The van der Waals surface area contributed by atoms with Gasteiger partial charge in [-0.05, 0) is 18.2 Å². The largest absolute Gasteiger partial charge is 0.338 e. The predicted molar refractivity (Wildman–Crippen MR) is 89.3 cm³/mol. The highest BCUT2D eigenvalue weighted by molar-refractivity contribution is 7.13. The molecule has 7 heteroatoms. The number of aromatic amines is 1. The van der Waals surface area contributed by atoms with E-state index in [1.807, 2.05) is 35.7 Å². The van der Waals surface area contributed by atoms with Gasteiger partial charge in [0.05, 0.1) is 21.5 Å². The van der Waals surface area contributed by atoms with Crippen LogP contribution in [-0.2, 0) is 0 Å². The standard InChI is InChI=1S/C16H10N4O2S/c21-20(22)14-9-10(16-17-7-8-23-16)5-6-11(14)15-18-12-3-1-2-4-13(12)19-15/h1-9H,(H,18,19). The maximum Gasteiger partial charge on any atom is 0.281 e. The van der Waals surface area contributed by atoms with E-state index in [1.54, 1.807) is 18.3 Å². The number of nitrogens with zero attached hydrogens (tertiary/aromatic N) is 3. The molecule has 0 aliphatic heterocycles. The van der Waals surface area contributed by atoms with Crippen LogP contribution in [0.25, 0.3) is 33.0 Å². The number of para-hydroxylation sites is 2. The van der Waals surface area contributed by atoms with Crippen molar-refractivity contribution < 1.29 is 4.92 Å². The molecule has 0 aliphatic carbocycles. The van der Waals surface area contributed by atoms with Gasteiger partial charge in [-0.15, -0.1) is 11.3 Å². The van der Waals surface area contributed by atoms with Gasteiger partial charge in [0.25, 0.3) is 5.69 Å². The summed E-state index contributed by atoms with van der Waals surface area (Å²) in [4.78, 5) is 22.9. The summed E-state index contributed by atoms with van der Waals surface area (Å²) in [6.45, 7) is 0. The van der Waals surface area contributed by atoms with Crippen molar-refractivity contribution in [2.45, 2.75) is 0 Å². The Labute approximate surface area is 134 Å². The van der Waals surface area contributed by atoms with Crippen LogP contribution in [0, 0.1) is 10.1 Å². The van der Waals surface area contributed by atoms with Crippen LogP contribution in [0.5, 0.6) is 0 Å². The fraction of sp³-hybridized carbons (Fsp3) is 0. The molecule has 0 atom stereocenters. The average Bonchev–Trinajstić information content (AvgIpc) is 3.23. The summed E-state index contributed by atoms with van der Waals surface area (Å²) in [5.41, 5.74) is 2.83. The Morgan fingerprint density at radius 2 is 2.04 bits per heavy atom. The van der Waals surface area contributed by atoms with Crippen molar-refractivity contribution in [1.82, 2.24) is 15.0 Å². The third-order valence-corrected chi connectivity index (χ3v) is 4.34. The minimum atomic E-state index is -0.389. The van der Waals surface area contributed by atoms with Crippen molar-refractivity contribution in [3.8, 4) is 22.0 Å². The Morgan fingerprint density at radius 1 is 1.17 bits per heavy atom. The summed E-state index contributed by atoms with van der Waals surface area (Å²) in [6, 6.07) is 12.6. The van der Waals surface area contributed by atoms with E-state index in [0.29, 0.717) is 11.4 Å². The van der Waals surface area contributed by atoms with Gasteiger partial charge in [-0.2, -0.15) is 0 Å². The predicted octanol–water partition coefficient (Wildman–Crippen LogP) is 4.26. The van der Waals surface area contributed by atoms with E-state index < -0.39 is 0 Å². The number of imidazole rings is 1. The molecule has 112 valence electrons. The first-order chi connectivity index (χ1) is 11.2. The smallest absolute Gasteiger partial charge is 0.281 e. The SMILES string of the molecule is O=[N+]([O-])c1cc(-c2nccs2)ccc1-c1nc2ccccc2[nH]1. The van der Waals surface area contributed by atoms with E-state index in [-0.39, 0.29) is 10.6 Å². The number of nitro benzene ring substituents is 1. The summed E-state index contributed by atoms with van der Waals surface area (Å²) in [5, 5.41) is 14.1. The molecule has 23 heavy (non-hydrogen) atoms. The fourth-order valence-electron chi connectivity index (χ4n) is 2.46. The first-order valence-corrected chi connectivity index (χ1v) is 7.74. The zero-order valence-electron chi connectivity index (χ0n) is 11.8. The molecule has 0 aliphatic rings. The summed E-state index contributed by atoms with van der Waals surface area (Å²) in [5.74, 6) is 0.489. The normalized spacial score (nSPS) is 11.0. The molecule has 0 radical (unpaired) electrons. The highest BCUT2D eigenvalue weighted by atomic mass is 32.1. The van der Waals surface area contributed by atoms with Crippen LogP contribution in [0.3, 0.4) is 0 Å². The van der Waals surface area contributed by atoms with Gasteiger partial charge in [-0.1, -0.05) is 18.2 Å². The minimum absolute atomic E-state index is 0.0109. The lowest BCUT2D eigenvalue weighted by molar-refractivity contribution is -0.384. The summed E-state index contributed by atoms with van der Waals surface area (Å²) in [7, 11) is 0. The molecule has 4 rings (SSSR count). The third-order valence-electron chi connectivity index (χ3n) is 3.52. The molecule has 0 saturated carbocycles. The number of nitrogens with one attached hydrogen (secondary N) is 1. The highest BCUT2D eigenvalue weighted by Gasteiger charge is 2.20. The number of nitro groups is 1. The van der Waals surface area contributed by atoms with Gasteiger partial charge in [0, 0.05) is 23.2 Å². The number of rotatable bonds is 3. The molecule has 0 bridgehead atoms. The van der Waals surface area contributed by atoms with Crippen molar-refractivity contribution in [3.05, 3.63) is 64.2 Å². The maximum atomic E-state index is 11.5. The van der Waals surface area contributed by atoms with E-state index in [0.717, 1.165) is 21.6 Å². The van der Waals surface area contributed by atoms with E-state index in [1.165, 1.54) is 11.3 Å². The molecular weight excluding hydrogens is 312 g/mol. The number of thiazole rings is 1. The number of hydrogen-bond donors (Lipinski definition) is 1. The van der Waals surface area contributed by atoms with Crippen molar-refractivity contribution in [1.29, 1.82) is 0 Å². The van der Waals surface area contributed by atoms with Crippen LogP contribution in [-0.4, -0.2) is 19.9 Å². The van der Waals surface area contributed by atoms with Crippen LogP contribution >= 0.6 is 11.3 Å². The molecule has 0 saturated heterocycles. The number of H-pyrrole nitrogens is 1. The Bertz CT molecular complexity index is 975. The van der Waals surface area contributed by atoms with Crippen molar-refractivity contribution in [3.63, 3.8) is 0 Å². The van der Waals surface area contributed by atoms with Crippen molar-refractivity contribution in [2.75, 3.05) is 0 Å². The second kappa shape index (κ2) is 5.29. The highest BCUT2D eigenvalue weighted by Crippen LogP contribution is 2.34. The van der Waals surface area contributed by atoms with Crippen LogP contribution in [0.1, 0.15) is 0 Å². The summed E-state index contributed by atoms with van der Waals surface area (Å²) in [6.07, 6.45) is 1.68. The van der Waals surface area contributed by atoms with Crippen LogP contribution < -0.4 is 0 Å². The van der Waals surface area contributed by atoms with E-state index in [9.17, 15) is 10.1 Å². The molecule has 4 aromatic rings. The lowest BCUT2D eigenvalue weighted by Crippen LogP contribution is -1.94. The van der Waals surface area contributed by atoms with Gasteiger partial charge in [-0.3, -0.25) is 10.1 Å². The Hall–Kier alpha value is -3.06. The lowest BCUT2D eigenvalue weighted by Gasteiger charge is -2.02. The van der Waals surface area contributed by atoms with E-state index in [2.05, 4.69) is 15.0 Å². The van der Waals surface area contributed by atoms with E-state index in [4.69, 9.17) is 0 Å². The molecule has 2 aromatic heterocycles. The van der Waals surface area contributed by atoms with Gasteiger partial charge in [0.1, 0.15) is 10.8 Å². The molecule has 0 unspecified atom stereocenters. The van der Waals surface area contributed by atoms with Gasteiger partial charge < -0.3 is 4.98 Å². The molecule has 1 N–H and O–H groups in total. The molecular formula is C16H10N4O2S. The summed E-state index contributed by atoms with van der Waals surface area (Å²) >= 11 is 1.44. The van der Waals surface area contributed by atoms with Crippen molar-refractivity contribution in [2.24, 2.45) is 0 Å². The quantitative estimate of drug-likeness (QED) is 0.451. The van der Waals surface area contributed by atoms with Crippen LogP contribution in [0.4, 0.5) is 5.69 Å². The molecule has 0 fully saturated rings. The maximum absolute atomic E-state index is 11.5. The van der Waals surface area contributed by atoms with Crippen LogP contribution in [0.15, 0.2) is 54.0 Å². The Kier molecular flexibility index (Phi) is 3.13. The minimum Gasteiger partial charge on any atom is -0.338 e. The number of benzene rings is 2. The average molecular weight is 322 g/mol. The zero-order chi connectivity index (χ0) is 15.8. The number of fused-ring (bicyclic) bond motifs is 1. The molecule has 2 heterocycles. The summed E-state index contributed by atoms with van der Waals surface area (Å²) < 4.78 is 0. The molecule has 6 nitrogen and oxygen atoms in total. The van der Waals surface area contributed by atoms with E-state index >= 15 is 0 Å².